The molecule has 0 aliphatic heterocycles. The maximum Gasteiger partial charge on any atom is 0.408 e. The van der Waals surface area contributed by atoms with Crippen LogP contribution in [0.5, 0.6) is 0 Å². The van der Waals surface area contributed by atoms with Gasteiger partial charge in [0.1, 0.15) is 11.6 Å². The minimum atomic E-state index is -0.704. The van der Waals surface area contributed by atoms with Gasteiger partial charge in [0.15, 0.2) is 0 Å². The first-order valence-electron chi connectivity index (χ1n) is 6.57. The normalized spacial score (nSPS) is 12.7. The summed E-state index contributed by atoms with van der Waals surface area (Å²) in [6.07, 6.45) is 1.55. The smallest absolute Gasteiger partial charge is 0.408 e. The zero-order valence-electron chi connectivity index (χ0n) is 12.2. The molecule has 19 heavy (non-hydrogen) atoms. The topological polar surface area (TPSA) is 64.6 Å². The van der Waals surface area contributed by atoms with Gasteiger partial charge in [-0.05, 0) is 39.4 Å². The fraction of sp³-hybridized carbons (Fsp3) is 0.846. The van der Waals surface area contributed by atoms with E-state index in [1.807, 2.05) is 6.92 Å². The Morgan fingerprint density at radius 3 is 2.42 bits per heavy atom. The molecule has 0 fully saturated rings. The van der Waals surface area contributed by atoms with Gasteiger partial charge in [0, 0.05) is 0 Å². The molecule has 0 heterocycles. The first-order valence-corrected chi connectivity index (χ1v) is 7.20. The number of carbonyl (C=O) groups excluding carboxylic acids is 2. The molecule has 0 saturated carbocycles. The van der Waals surface area contributed by atoms with Gasteiger partial charge in [0.25, 0.3) is 0 Å². The van der Waals surface area contributed by atoms with Crippen molar-refractivity contribution in [2.24, 2.45) is 0 Å². The summed E-state index contributed by atoms with van der Waals surface area (Å²) in [6, 6.07) is -0.704. The molecule has 6 heteroatoms. The van der Waals surface area contributed by atoms with Crippen LogP contribution in [0.4, 0.5) is 4.79 Å². The highest BCUT2D eigenvalue weighted by molar-refractivity contribution is 7.80. The Labute approximate surface area is 120 Å². The molecule has 0 aliphatic carbocycles. The second-order valence-electron chi connectivity index (χ2n) is 5.23. The molecule has 1 unspecified atom stereocenters. The van der Waals surface area contributed by atoms with Gasteiger partial charge in [0.2, 0.25) is 0 Å². The van der Waals surface area contributed by atoms with Crippen LogP contribution < -0.4 is 5.32 Å². The lowest BCUT2D eigenvalue weighted by molar-refractivity contribution is -0.146. The fourth-order valence-corrected chi connectivity index (χ4v) is 1.50. The molecule has 1 N–H and O–H groups in total. The summed E-state index contributed by atoms with van der Waals surface area (Å²) in [5.74, 6) is 0.0388. The van der Waals surface area contributed by atoms with Crippen LogP contribution in [-0.4, -0.2) is 36.1 Å². The number of thiol groups is 1. The number of amides is 1. The Morgan fingerprint density at radius 2 is 1.95 bits per heavy atom. The number of carbonyl (C=O) groups is 2. The van der Waals surface area contributed by atoms with Crippen LogP contribution >= 0.6 is 12.6 Å². The maximum absolute atomic E-state index is 11.8. The number of alkyl carbamates (subject to hydrolysis) is 1. The van der Waals surface area contributed by atoms with E-state index in [1.54, 1.807) is 20.8 Å². The van der Waals surface area contributed by atoms with Crippen LogP contribution in [0.2, 0.25) is 0 Å². The number of hydrogen-bond donors (Lipinski definition) is 2. The highest BCUT2D eigenvalue weighted by atomic mass is 32.1. The van der Waals surface area contributed by atoms with Crippen molar-refractivity contribution in [1.29, 1.82) is 0 Å². The summed E-state index contributed by atoms with van der Waals surface area (Å²) < 4.78 is 10.2. The molecule has 0 bridgehead atoms. The van der Waals surface area contributed by atoms with E-state index in [0.717, 1.165) is 12.8 Å². The van der Waals surface area contributed by atoms with Crippen LogP contribution in [0.3, 0.4) is 0 Å². The van der Waals surface area contributed by atoms with E-state index in [9.17, 15) is 9.59 Å². The molecular weight excluding hydrogens is 266 g/mol. The second kappa shape index (κ2) is 9.07. The zero-order valence-corrected chi connectivity index (χ0v) is 13.1. The van der Waals surface area contributed by atoms with E-state index < -0.39 is 23.7 Å². The van der Waals surface area contributed by atoms with Gasteiger partial charge in [-0.2, -0.15) is 12.6 Å². The Bertz CT molecular complexity index is 289. The summed E-state index contributed by atoms with van der Waals surface area (Å²) in [5, 5.41) is 2.52. The van der Waals surface area contributed by atoms with E-state index in [-0.39, 0.29) is 0 Å². The van der Waals surface area contributed by atoms with E-state index in [2.05, 4.69) is 17.9 Å². The zero-order chi connectivity index (χ0) is 14.9. The SMILES string of the molecule is CCCCOC(=O)C(CCS)NC(=O)OC(C)(C)C. The van der Waals surface area contributed by atoms with Crippen molar-refractivity contribution in [3.8, 4) is 0 Å². The number of rotatable bonds is 7. The van der Waals surface area contributed by atoms with Gasteiger partial charge >= 0.3 is 12.1 Å². The molecule has 0 aromatic rings. The van der Waals surface area contributed by atoms with Crippen molar-refractivity contribution in [2.75, 3.05) is 12.4 Å². The van der Waals surface area contributed by atoms with Crippen molar-refractivity contribution in [2.45, 2.75) is 58.6 Å². The predicted molar refractivity (Wildman–Crippen MR) is 77.5 cm³/mol. The fourth-order valence-electron chi connectivity index (χ4n) is 1.25. The van der Waals surface area contributed by atoms with Gasteiger partial charge in [-0.15, -0.1) is 0 Å². The molecule has 0 radical (unpaired) electrons. The molecule has 0 rings (SSSR count). The average molecular weight is 291 g/mol. The molecule has 1 amide bonds. The predicted octanol–water partition coefficient (Wildman–Crippen LogP) is 2.54. The Balaban J connectivity index is 4.31. The van der Waals surface area contributed by atoms with E-state index >= 15 is 0 Å². The molecule has 5 nitrogen and oxygen atoms in total. The lowest BCUT2D eigenvalue weighted by Crippen LogP contribution is -2.44. The van der Waals surface area contributed by atoms with Gasteiger partial charge in [0.05, 0.1) is 6.61 Å². The molecule has 0 aliphatic rings. The van der Waals surface area contributed by atoms with Crippen molar-refractivity contribution in [3.05, 3.63) is 0 Å². The largest absolute Gasteiger partial charge is 0.464 e. The molecule has 0 aromatic carbocycles. The highest BCUT2D eigenvalue weighted by Crippen LogP contribution is 2.08. The molecule has 0 aromatic heterocycles. The second-order valence-corrected chi connectivity index (χ2v) is 5.68. The summed E-state index contributed by atoms with van der Waals surface area (Å²) >= 11 is 4.07. The summed E-state index contributed by atoms with van der Waals surface area (Å²) in [6.45, 7) is 7.67. The first kappa shape index (κ1) is 18.1. The number of nitrogens with one attached hydrogen (secondary N) is 1. The van der Waals surface area contributed by atoms with Crippen LogP contribution in [0.15, 0.2) is 0 Å². The summed E-state index contributed by atoms with van der Waals surface area (Å²) in [5.41, 5.74) is -0.596. The Kier molecular flexibility index (Phi) is 8.63. The number of ether oxygens (including phenoxy) is 2. The summed E-state index contributed by atoms with van der Waals surface area (Å²) in [4.78, 5) is 23.4. The van der Waals surface area contributed by atoms with Crippen LogP contribution in [0, 0.1) is 0 Å². The standard InChI is InChI=1S/C13H25NO4S/c1-5-6-8-17-11(15)10(7-9-19)14-12(16)18-13(2,3)4/h10,19H,5-9H2,1-4H3,(H,14,16). The number of esters is 1. The third kappa shape index (κ3) is 9.64. The summed E-state index contributed by atoms with van der Waals surface area (Å²) in [7, 11) is 0. The Hall–Kier alpha value is -0.910. The minimum Gasteiger partial charge on any atom is -0.464 e. The van der Waals surface area contributed by atoms with E-state index in [4.69, 9.17) is 9.47 Å². The van der Waals surface area contributed by atoms with Gasteiger partial charge < -0.3 is 14.8 Å². The lowest BCUT2D eigenvalue weighted by Gasteiger charge is -2.22. The van der Waals surface area contributed by atoms with Gasteiger partial charge in [-0.25, -0.2) is 9.59 Å². The molecule has 0 saturated heterocycles. The Morgan fingerprint density at radius 1 is 1.32 bits per heavy atom. The lowest BCUT2D eigenvalue weighted by atomic mass is 10.2. The first-order chi connectivity index (χ1) is 8.80. The van der Waals surface area contributed by atoms with Gasteiger partial charge in [-0.3, -0.25) is 0 Å². The average Bonchev–Trinajstić information content (AvgIpc) is 2.26. The number of unbranched alkanes of at least 4 members (excludes halogenated alkanes) is 1. The van der Waals surface area contributed by atoms with E-state index in [0.29, 0.717) is 18.8 Å². The monoisotopic (exact) mass is 291 g/mol. The van der Waals surface area contributed by atoms with Gasteiger partial charge in [-0.1, -0.05) is 13.3 Å². The van der Waals surface area contributed by atoms with Crippen LogP contribution in [0.1, 0.15) is 47.0 Å². The minimum absolute atomic E-state index is 0.369. The molecule has 1 atom stereocenters. The van der Waals surface area contributed by atoms with E-state index in [1.165, 1.54) is 0 Å². The quantitative estimate of drug-likeness (QED) is 0.430. The van der Waals surface area contributed by atoms with Crippen molar-refractivity contribution in [3.63, 3.8) is 0 Å². The van der Waals surface area contributed by atoms with Crippen molar-refractivity contribution >= 4 is 24.7 Å². The molecule has 112 valence electrons. The number of hydrogen-bond acceptors (Lipinski definition) is 5. The van der Waals surface area contributed by atoms with Crippen molar-refractivity contribution < 1.29 is 19.1 Å². The van der Waals surface area contributed by atoms with Crippen LogP contribution in [-0.2, 0) is 14.3 Å². The maximum atomic E-state index is 11.8. The third-order valence-electron chi connectivity index (χ3n) is 2.14. The third-order valence-corrected chi connectivity index (χ3v) is 2.39. The highest BCUT2D eigenvalue weighted by Gasteiger charge is 2.24. The van der Waals surface area contributed by atoms with Crippen LogP contribution in [0.25, 0.3) is 0 Å². The molecular formula is C13H25NO4S. The van der Waals surface area contributed by atoms with Crippen molar-refractivity contribution in [1.82, 2.24) is 5.32 Å². The molecule has 0 spiro atoms.